The van der Waals surface area contributed by atoms with Gasteiger partial charge in [0, 0.05) is 0 Å². The highest BCUT2D eigenvalue weighted by atomic mass is 28.4. The van der Waals surface area contributed by atoms with Gasteiger partial charge in [0.25, 0.3) is 8.32 Å². The molecular weight excluding hydrogens is 388 g/mol. The Morgan fingerprint density at radius 2 is 1.17 bits per heavy atom. The normalized spacial score (nSPS) is 16.8. The maximum atomic E-state index is 10.4. The van der Waals surface area contributed by atoms with Gasteiger partial charge in [-0.25, -0.2) is 0 Å². The third-order valence-electron chi connectivity index (χ3n) is 5.21. The van der Waals surface area contributed by atoms with E-state index in [-0.39, 0.29) is 11.6 Å². The molecule has 0 fully saturated rings. The largest absolute Gasteiger partial charge is 0.405 e. The molecule has 0 saturated heterocycles. The number of aliphatic hydroxyl groups is 5. The Morgan fingerprint density at radius 1 is 0.759 bits per heavy atom. The fraction of sp³-hybridized carbons (Fsp3) is 0.455. The molecule has 0 aliphatic heterocycles. The van der Waals surface area contributed by atoms with Crippen LogP contribution in [0.5, 0.6) is 0 Å². The van der Waals surface area contributed by atoms with Crippen molar-refractivity contribution < 1.29 is 30.0 Å². The van der Waals surface area contributed by atoms with E-state index in [0.717, 1.165) is 10.4 Å². The molecule has 2 aromatic carbocycles. The van der Waals surface area contributed by atoms with E-state index in [0.29, 0.717) is 0 Å². The van der Waals surface area contributed by atoms with Crippen LogP contribution in [0, 0.1) is 0 Å². The summed E-state index contributed by atoms with van der Waals surface area (Å²) in [6.45, 7) is 5.31. The molecule has 0 unspecified atom stereocenters. The van der Waals surface area contributed by atoms with E-state index >= 15 is 0 Å². The van der Waals surface area contributed by atoms with E-state index in [9.17, 15) is 20.4 Å². The second-order valence-corrected chi connectivity index (χ2v) is 12.6. The molecule has 0 bridgehead atoms. The van der Waals surface area contributed by atoms with Crippen molar-refractivity contribution in [1.82, 2.24) is 0 Å². The molecule has 2 aromatic rings. The van der Waals surface area contributed by atoms with Gasteiger partial charge in [-0.3, -0.25) is 0 Å². The molecule has 0 aliphatic rings. The summed E-state index contributed by atoms with van der Waals surface area (Å²) in [5, 5.41) is 50.8. The minimum absolute atomic E-state index is 0.232. The van der Waals surface area contributed by atoms with Crippen molar-refractivity contribution in [1.29, 1.82) is 0 Å². The quantitative estimate of drug-likeness (QED) is 0.365. The Balaban J connectivity index is 2.41. The van der Waals surface area contributed by atoms with Crippen molar-refractivity contribution in [3.8, 4) is 0 Å². The molecule has 4 atom stereocenters. The Morgan fingerprint density at radius 3 is 1.55 bits per heavy atom. The van der Waals surface area contributed by atoms with E-state index in [1.165, 1.54) is 0 Å². The Kier molecular flexibility index (Phi) is 8.13. The average molecular weight is 421 g/mol. The lowest BCUT2D eigenvalue weighted by molar-refractivity contribution is -0.122. The van der Waals surface area contributed by atoms with Crippen LogP contribution in [0.3, 0.4) is 0 Å². The van der Waals surface area contributed by atoms with Crippen LogP contribution in [0.25, 0.3) is 0 Å². The first-order chi connectivity index (χ1) is 13.6. The molecule has 5 N–H and O–H groups in total. The van der Waals surface area contributed by atoms with Gasteiger partial charge in [0.15, 0.2) is 0 Å². The maximum absolute atomic E-state index is 10.4. The highest BCUT2D eigenvalue weighted by molar-refractivity contribution is 6.99. The second kappa shape index (κ2) is 9.95. The summed E-state index contributed by atoms with van der Waals surface area (Å²) in [6, 6.07) is 19.7. The zero-order valence-corrected chi connectivity index (χ0v) is 18.1. The van der Waals surface area contributed by atoms with Gasteiger partial charge in [-0.1, -0.05) is 81.4 Å². The van der Waals surface area contributed by atoms with Crippen LogP contribution < -0.4 is 10.4 Å². The van der Waals surface area contributed by atoms with Crippen molar-refractivity contribution in [2.75, 3.05) is 13.2 Å². The molecule has 7 heteroatoms. The van der Waals surface area contributed by atoms with Crippen LogP contribution in [0.2, 0.25) is 5.04 Å². The molecule has 29 heavy (non-hydrogen) atoms. The van der Waals surface area contributed by atoms with Gasteiger partial charge in [-0.15, -0.1) is 0 Å². The van der Waals surface area contributed by atoms with Crippen LogP contribution in [-0.2, 0) is 4.43 Å². The average Bonchev–Trinajstić information content (AvgIpc) is 2.72. The lowest BCUT2D eigenvalue weighted by atomic mass is 10.0. The molecule has 0 aromatic heterocycles. The van der Waals surface area contributed by atoms with Crippen LogP contribution in [0.1, 0.15) is 20.8 Å². The van der Waals surface area contributed by atoms with Gasteiger partial charge < -0.3 is 30.0 Å². The second-order valence-electron chi connectivity index (χ2n) is 8.27. The predicted molar refractivity (Wildman–Crippen MR) is 115 cm³/mol. The van der Waals surface area contributed by atoms with Gasteiger partial charge in [-0.2, -0.15) is 0 Å². The van der Waals surface area contributed by atoms with E-state index in [1.54, 1.807) is 0 Å². The van der Waals surface area contributed by atoms with Gasteiger partial charge in [0.2, 0.25) is 0 Å². The third-order valence-corrected chi connectivity index (χ3v) is 10.2. The zero-order chi connectivity index (χ0) is 21.7. The van der Waals surface area contributed by atoms with Crippen molar-refractivity contribution in [2.45, 2.75) is 50.2 Å². The van der Waals surface area contributed by atoms with E-state index in [1.807, 2.05) is 60.7 Å². The minimum Gasteiger partial charge on any atom is -0.405 e. The summed E-state index contributed by atoms with van der Waals surface area (Å²) < 4.78 is 6.49. The molecule has 0 saturated carbocycles. The highest BCUT2D eigenvalue weighted by Gasteiger charge is 2.50. The predicted octanol–water partition coefficient (Wildman–Crippen LogP) is -0.00110. The standard InChI is InChI=1S/C22H32O6Si/c1-22(2,3)29(16-10-6-4-7-11-16,17-12-8-5-9-13-17)28-15-19(25)21(27)20(26)18(24)14-23/h4-13,18-21,23-27H,14-15H2,1-3H3/t18-,19-,20-,21-/m1/s1. The van der Waals surface area contributed by atoms with Crippen molar-refractivity contribution in [3.63, 3.8) is 0 Å². The monoisotopic (exact) mass is 420 g/mol. The molecule has 160 valence electrons. The van der Waals surface area contributed by atoms with Crippen molar-refractivity contribution in [2.24, 2.45) is 0 Å². The zero-order valence-electron chi connectivity index (χ0n) is 17.1. The summed E-state index contributed by atoms with van der Waals surface area (Å²) in [5.74, 6) is 0. The van der Waals surface area contributed by atoms with Gasteiger partial charge >= 0.3 is 0 Å². The molecule has 6 nitrogen and oxygen atoms in total. The van der Waals surface area contributed by atoms with Gasteiger partial charge in [-0.05, 0) is 15.4 Å². The summed E-state index contributed by atoms with van der Waals surface area (Å²) >= 11 is 0. The molecule has 0 spiro atoms. The molecule has 0 heterocycles. The first-order valence-corrected chi connectivity index (χ1v) is 11.6. The number of benzene rings is 2. The minimum atomic E-state index is -2.89. The molecule has 0 aliphatic carbocycles. The van der Waals surface area contributed by atoms with Crippen molar-refractivity contribution in [3.05, 3.63) is 60.7 Å². The fourth-order valence-electron chi connectivity index (χ4n) is 3.63. The summed E-state index contributed by atoms with van der Waals surface area (Å²) in [5.41, 5.74) is 0. The summed E-state index contributed by atoms with van der Waals surface area (Å²) in [4.78, 5) is 0. The fourth-order valence-corrected chi connectivity index (χ4v) is 8.21. The lowest BCUT2D eigenvalue weighted by Gasteiger charge is -2.43. The first-order valence-electron chi connectivity index (χ1n) is 9.73. The topological polar surface area (TPSA) is 110 Å². The Hall–Kier alpha value is -1.58. The van der Waals surface area contributed by atoms with Gasteiger partial charge in [0.05, 0.1) is 13.2 Å². The van der Waals surface area contributed by atoms with E-state index < -0.39 is 39.3 Å². The number of hydrogen-bond acceptors (Lipinski definition) is 6. The SMILES string of the molecule is CC(C)(C)[Si](OC[C@@H](O)[C@@H](O)[C@H](O)[C@H](O)CO)(c1ccccc1)c1ccccc1. The summed E-state index contributed by atoms with van der Waals surface area (Å²) in [7, 11) is -2.89. The smallest absolute Gasteiger partial charge is 0.261 e. The number of rotatable bonds is 9. The molecule has 2 rings (SSSR count). The first kappa shape index (κ1) is 23.7. The summed E-state index contributed by atoms with van der Waals surface area (Å²) in [6.07, 6.45) is -6.33. The van der Waals surface area contributed by atoms with Crippen LogP contribution in [0.4, 0.5) is 0 Å². The lowest BCUT2D eigenvalue weighted by Crippen LogP contribution is -2.67. The highest BCUT2D eigenvalue weighted by Crippen LogP contribution is 2.36. The number of hydrogen-bond donors (Lipinski definition) is 5. The van der Waals surface area contributed by atoms with Crippen LogP contribution >= 0.6 is 0 Å². The third kappa shape index (κ3) is 5.13. The van der Waals surface area contributed by atoms with E-state index in [4.69, 9.17) is 9.53 Å². The molecular formula is C22H32O6Si. The maximum Gasteiger partial charge on any atom is 0.261 e. The molecule has 0 amide bonds. The van der Waals surface area contributed by atoms with Crippen molar-refractivity contribution >= 4 is 18.7 Å². The van der Waals surface area contributed by atoms with Crippen LogP contribution in [-0.4, -0.2) is 71.5 Å². The molecule has 0 radical (unpaired) electrons. The van der Waals surface area contributed by atoms with Crippen LogP contribution in [0.15, 0.2) is 60.7 Å². The number of aliphatic hydroxyl groups excluding tert-OH is 5. The van der Waals surface area contributed by atoms with E-state index in [2.05, 4.69) is 20.8 Å². The Bertz CT molecular complexity index is 694. The Labute approximate surface area is 173 Å². The van der Waals surface area contributed by atoms with Gasteiger partial charge in [0.1, 0.15) is 24.4 Å².